The second-order valence-electron chi connectivity index (χ2n) is 5.79. The zero-order valence-electron chi connectivity index (χ0n) is 10.6. The van der Waals surface area contributed by atoms with Crippen molar-refractivity contribution < 1.29 is 4.79 Å². The van der Waals surface area contributed by atoms with Crippen LogP contribution in [0.1, 0.15) is 47.5 Å². The van der Waals surface area contributed by atoms with E-state index in [1.807, 2.05) is 0 Å². The lowest BCUT2D eigenvalue weighted by atomic mass is 9.91. The number of carbonyl (C=O) groups excluding carboxylic acids is 1. The summed E-state index contributed by atoms with van der Waals surface area (Å²) in [5.41, 5.74) is 0.0682. The Kier molecular flexibility index (Phi) is 6.49. The molecule has 1 amide bonds. The molecule has 0 aliphatic carbocycles. The number of carbonyl (C=O) groups is 1. The van der Waals surface area contributed by atoms with Crippen LogP contribution in [0.2, 0.25) is 0 Å². The Morgan fingerprint density at radius 2 is 1.87 bits per heavy atom. The molecule has 0 aromatic heterocycles. The fourth-order valence-electron chi connectivity index (χ4n) is 1.49. The predicted octanol–water partition coefficient (Wildman–Crippen LogP) is 3.35. The van der Waals surface area contributed by atoms with Crippen molar-refractivity contribution in [3.05, 3.63) is 0 Å². The summed E-state index contributed by atoms with van der Waals surface area (Å²) in [4.78, 5) is 11.7. The van der Waals surface area contributed by atoms with Gasteiger partial charge in [0.1, 0.15) is 0 Å². The number of rotatable bonds is 5. The highest BCUT2D eigenvalue weighted by Gasteiger charge is 2.18. The van der Waals surface area contributed by atoms with Crippen molar-refractivity contribution in [2.45, 2.75) is 53.5 Å². The van der Waals surface area contributed by atoms with E-state index in [2.05, 4.69) is 55.9 Å². The van der Waals surface area contributed by atoms with Crippen LogP contribution in [-0.4, -0.2) is 17.3 Å². The minimum atomic E-state index is 0.0682. The van der Waals surface area contributed by atoms with Crippen molar-refractivity contribution in [3.8, 4) is 0 Å². The average Bonchev–Trinajstić information content (AvgIpc) is 1.98. The van der Waals surface area contributed by atoms with Crippen LogP contribution in [-0.2, 0) is 4.79 Å². The molecule has 0 aromatic carbocycles. The van der Waals surface area contributed by atoms with Crippen molar-refractivity contribution >= 4 is 21.8 Å². The quantitative estimate of drug-likeness (QED) is 0.768. The highest BCUT2D eigenvalue weighted by atomic mass is 79.9. The van der Waals surface area contributed by atoms with E-state index in [0.717, 1.165) is 11.8 Å². The number of alkyl halides is 1. The molecular formula is C12H24BrNO. The Hall–Kier alpha value is -0.0500. The van der Waals surface area contributed by atoms with Crippen LogP contribution in [0.25, 0.3) is 0 Å². The topological polar surface area (TPSA) is 29.1 Å². The lowest BCUT2D eigenvalue weighted by Crippen LogP contribution is -2.38. The van der Waals surface area contributed by atoms with Gasteiger partial charge in [-0.3, -0.25) is 4.79 Å². The van der Waals surface area contributed by atoms with Crippen LogP contribution in [0.4, 0.5) is 0 Å². The van der Waals surface area contributed by atoms with E-state index in [4.69, 9.17) is 0 Å². The highest BCUT2D eigenvalue weighted by molar-refractivity contribution is 9.09. The highest BCUT2D eigenvalue weighted by Crippen LogP contribution is 2.18. The van der Waals surface area contributed by atoms with Crippen molar-refractivity contribution in [1.82, 2.24) is 5.32 Å². The Balaban J connectivity index is 4.02. The first-order valence-electron chi connectivity index (χ1n) is 5.60. The van der Waals surface area contributed by atoms with Crippen LogP contribution in [0.3, 0.4) is 0 Å². The molecule has 3 heteroatoms. The predicted molar refractivity (Wildman–Crippen MR) is 69.3 cm³/mol. The number of hydrogen-bond acceptors (Lipinski definition) is 1. The van der Waals surface area contributed by atoms with Gasteiger partial charge in [0.25, 0.3) is 0 Å². The van der Waals surface area contributed by atoms with Crippen LogP contribution >= 0.6 is 15.9 Å². The van der Waals surface area contributed by atoms with E-state index in [-0.39, 0.29) is 17.4 Å². The van der Waals surface area contributed by atoms with Gasteiger partial charge in [0.2, 0.25) is 5.91 Å². The molecule has 0 aliphatic heterocycles. The summed E-state index contributed by atoms with van der Waals surface area (Å²) in [6.07, 6.45) is 1.62. The van der Waals surface area contributed by atoms with Gasteiger partial charge < -0.3 is 5.32 Å². The molecule has 0 saturated heterocycles. The smallest absolute Gasteiger partial charge is 0.220 e. The third-order valence-electron chi connectivity index (χ3n) is 2.00. The molecule has 1 unspecified atom stereocenters. The summed E-state index contributed by atoms with van der Waals surface area (Å²) >= 11 is 3.44. The largest absolute Gasteiger partial charge is 0.353 e. The number of halogens is 1. The Morgan fingerprint density at radius 1 is 1.33 bits per heavy atom. The van der Waals surface area contributed by atoms with Crippen molar-refractivity contribution in [2.24, 2.45) is 11.3 Å². The van der Waals surface area contributed by atoms with E-state index in [0.29, 0.717) is 12.3 Å². The maximum Gasteiger partial charge on any atom is 0.220 e. The Labute approximate surface area is 102 Å². The fourth-order valence-corrected chi connectivity index (χ4v) is 1.92. The molecule has 1 atom stereocenters. The zero-order valence-corrected chi connectivity index (χ0v) is 12.1. The van der Waals surface area contributed by atoms with E-state index >= 15 is 0 Å². The first-order valence-corrected chi connectivity index (χ1v) is 6.72. The Morgan fingerprint density at radius 3 is 2.20 bits per heavy atom. The van der Waals surface area contributed by atoms with E-state index < -0.39 is 0 Å². The molecule has 0 fully saturated rings. The summed E-state index contributed by atoms with van der Waals surface area (Å²) in [6, 6.07) is 0.264. The molecule has 1 N–H and O–H groups in total. The molecular weight excluding hydrogens is 254 g/mol. The molecule has 0 saturated carbocycles. The summed E-state index contributed by atoms with van der Waals surface area (Å²) in [5.74, 6) is 0.773. The lowest BCUT2D eigenvalue weighted by Gasteiger charge is -2.22. The first kappa shape index (κ1) is 14.9. The zero-order chi connectivity index (χ0) is 12.1. The van der Waals surface area contributed by atoms with Crippen LogP contribution in [0, 0.1) is 11.3 Å². The maximum absolute atomic E-state index is 11.7. The van der Waals surface area contributed by atoms with Crippen molar-refractivity contribution in [2.75, 3.05) is 5.33 Å². The fraction of sp³-hybridized carbons (Fsp3) is 0.917. The van der Waals surface area contributed by atoms with Crippen LogP contribution < -0.4 is 5.32 Å². The van der Waals surface area contributed by atoms with Gasteiger partial charge in [0, 0.05) is 17.8 Å². The van der Waals surface area contributed by atoms with E-state index in [1.165, 1.54) is 0 Å². The van der Waals surface area contributed by atoms with Gasteiger partial charge in [-0.2, -0.15) is 0 Å². The second-order valence-corrected chi connectivity index (χ2v) is 6.43. The summed E-state index contributed by atoms with van der Waals surface area (Å²) in [5, 5.41) is 3.90. The molecule has 0 radical (unpaired) electrons. The Bertz CT molecular complexity index is 196. The van der Waals surface area contributed by atoms with Crippen molar-refractivity contribution in [1.29, 1.82) is 0 Å². The molecule has 2 nitrogen and oxygen atoms in total. The van der Waals surface area contributed by atoms with E-state index in [9.17, 15) is 4.79 Å². The van der Waals surface area contributed by atoms with Crippen LogP contribution in [0.15, 0.2) is 0 Å². The van der Waals surface area contributed by atoms with Gasteiger partial charge >= 0.3 is 0 Å². The molecule has 0 heterocycles. The molecule has 90 valence electrons. The lowest BCUT2D eigenvalue weighted by molar-refractivity contribution is -0.123. The van der Waals surface area contributed by atoms with Gasteiger partial charge in [-0.15, -0.1) is 0 Å². The molecule has 0 aromatic rings. The summed E-state index contributed by atoms with van der Waals surface area (Å²) < 4.78 is 0. The molecule has 0 rings (SSSR count). The normalized spacial score (nSPS) is 14.1. The minimum absolute atomic E-state index is 0.0682. The maximum atomic E-state index is 11.7. The summed E-state index contributed by atoms with van der Waals surface area (Å²) in [7, 11) is 0. The van der Waals surface area contributed by atoms with Crippen LogP contribution in [0.5, 0.6) is 0 Å². The van der Waals surface area contributed by atoms with E-state index in [1.54, 1.807) is 0 Å². The van der Waals surface area contributed by atoms with Gasteiger partial charge in [-0.25, -0.2) is 0 Å². The second kappa shape index (κ2) is 6.51. The number of amides is 1. The molecule has 15 heavy (non-hydrogen) atoms. The monoisotopic (exact) mass is 277 g/mol. The molecule has 0 bridgehead atoms. The SMILES string of the molecule is CC(C)CC(CBr)NC(=O)CC(C)(C)C. The average molecular weight is 278 g/mol. The molecule has 0 spiro atoms. The third-order valence-corrected chi connectivity index (χ3v) is 2.78. The van der Waals surface area contributed by atoms with Gasteiger partial charge in [0.05, 0.1) is 0 Å². The van der Waals surface area contributed by atoms with Gasteiger partial charge in [-0.1, -0.05) is 50.5 Å². The first-order chi connectivity index (χ1) is 6.74. The number of hydrogen-bond donors (Lipinski definition) is 1. The van der Waals surface area contributed by atoms with Gasteiger partial charge in [-0.05, 0) is 17.8 Å². The van der Waals surface area contributed by atoms with Gasteiger partial charge in [0.15, 0.2) is 0 Å². The number of nitrogens with one attached hydrogen (secondary N) is 1. The third kappa shape index (κ3) is 8.91. The van der Waals surface area contributed by atoms with Crippen molar-refractivity contribution in [3.63, 3.8) is 0 Å². The minimum Gasteiger partial charge on any atom is -0.353 e. The molecule has 0 aliphatic rings. The standard InChI is InChI=1S/C12H24BrNO/c1-9(2)6-10(8-13)14-11(15)7-12(3,4)5/h9-10H,6-8H2,1-5H3,(H,14,15). The summed E-state index contributed by atoms with van der Waals surface area (Å²) in [6.45, 7) is 10.6.